The number of para-hydroxylation sites is 1. The van der Waals surface area contributed by atoms with E-state index in [0.717, 1.165) is 22.3 Å². The molecule has 0 aliphatic carbocycles. The van der Waals surface area contributed by atoms with Crippen LogP contribution in [0.3, 0.4) is 0 Å². The van der Waals surface area contributed by atoms with E-state index in [0.29, 0.717) is 21.9 Å². The molecule has 3 aromatic rings. The first-order valence-electron chi connectivity index (χ1n) is 9.87. The fourth-order valence-corrected chi connectivity index (χ4v) is 4.17. The Morgan fingerprint density at radius 2 is 1.87 bits per heavy atom. The van der Waals surface area contributed by atoms with Gasteiger partial charge in [0.15, 0.2) is 0 Å². The van der Waals surface area contributed by atoms with Crippen LogP contribution in [0.1, 0.15) is 28.4 Å². The lowest BCUT2D eigenvalue weighted by atomic mass is 10.0. The van der Waals surface area contributed by atoms with Gasteiger partial charge >= 0.3 is 5.97 Å². The van der Waals surface area contributed by atoms with Crippen LogP contribution in [-0.2, 0) is 9.53 Å². The monoisotopic (exact) mass is 431 g/mol. The van der Waals surface area contributed by atoms with Crippen LogP contribution in [0.25, 0.3) is 17.2 Å². The second kappa shape index (κ2) is 9.02. The number of aryl methyl sites for hydroxylation is 1. The SMILES string of the molecule is CCOC(=O)c1c(-c2ccc(C)cc2)csc1NC(=O)C1=Cc2ccccc2OC=C1. The number of carbonyl (C=O) groups excluding carboxylic acids is 2. The summed E-state index contributed by atoms with van der Waals surface area (Å²) >= 11 is 1.30. The van der Waals surface area contributed by atoms with Crippen LogP contribution in [-0.4, -0.2) is 18.5 Å². The molecule has 0 saturated carbocycles. The summed E-state index contributed by atoms with van der Waals surface area (Å²) in [4.78, 5) is 25.8. The Bertz CT molecular complexity index is 1190. The zero-order chi connectivity index (χ0) is 21.8. The van der Waals surface area contributed by atoms with E-state index in [-0.39, 0.29) is 12.5 Å². The van der Waals surface area contributed by atoms with Gasteiger partial charge in [0, 0.05) is 22.1 Å². The van der Waals surface area contributed by atoms with Crippen LogP contribution >= 0.6 is 11.3 Å². The number of hydrogen-bond donors (Lipinski definition) is 1. The average Bonchev–Trinajstić information content (AvgIpc) is 3.05. The van der Waals surface area contributed by atoms with Crippen molar-refractivity contribution in [3.8, 4) is 16.9 Å². The fraction of sp³-hybridized carbons (Fsp3) is 0.120. The summed E-state index contributed by atoms with van der Waals surface area (Å²) in [5.41, 5.74) is 4.33. The Morgan fingerprint density at radius 1 is 1.10 bits per heavy atom. The second-order valence-corrected chi connectivity index (χ2v) is 7.83. The molecule has 1 amide bonds. The number of thiophene rings is 1. The van der Waals surface area contributed by atoms with Gasteiger partial charge in [0.25, 0.3) is 5.91 Å². The average molecular weight is 432 g/mol. The third kappa shape index (κ3) is 4.44. The number of amides is 1. The maximum atomic E-state index is 13.0. The Morgan fingerprint density at radius 3 is 2.65 bits per heavy atom. The van der Waals surface area contributed by atoms with Crippen molar-refractivity contribution in [2.45, 2.75) is 13.8 Å². The van der Waals surface area contributed by atoms with Crippen LogP contribution in [0.4, 0.5) is 5.00 Å². The Labute approximate surface area is 184 Å². The Balaban J connectivity index is 1.68. The van der Waals surface area contributed by atoms with E-state index in [4.69, 9.17) is 9.47 Å². The van der Waals surface area contributed by atoms with Gasteiger partial charge in [0.2, 0.25) is 0 Å². The van der Waals surface area contributed by atoms with Crippen molar-refractivity contribution in [3.63, 3.8) is 0 Å². The van der Waals surface area contributed by atoms with Crippen LogP contribution < -0.4 is 10.1 Å². The van der Waals surface area contributed by atoms with Gasteiger partial charge in [-0.25, -0.2) is 4.79 Å². The standard InChI is InChI=1S/C25H21NO4S/c1-3-29-25(28)22-20(17-10-8-16(2)9-11-17)15-31-24(22)26-23(27)19-12-13-30-21-7-5-4-6-18(21)14-19/h4-15H,3H2,1-2H3,(H,26,27). The quantitative estimate of drug-likeness (QED) is 0.516. The molecule has 5 nitrogen and oxygen atoms in total. The first-order valence-corrected chi connectivity index (χ1v) is 10.8. The van der Waals surface area contributed by atoms with Gasteiger partial charge in [0.1, 0.15) is 16.3 Å². The van der Waals surface area contributed by atoms with Crippen LogP contribution in [0, 0.1) is 6.92 Å². The number of rotatable bonds is 5. The maximum Gasteiger partial charge on any atom is 0.341 e. The number of ether oxygens (including phenoxy) is 2. The Kier molecular flexibility index (Phi) is 6.00. The minimum absolute atomic E-state index is 0.247. The Hall–Kier alpha value is -3.64. The fourth-order valence-electron chi connectivity index (χ4n) is 3.22. The van der Waals surface area contributed by atoms with Gasteiger partial charge in [-0.05, 0) is 37.6 Å². The largest absolute Gasteiger partial charge is 0.464 e. The molecular weight excluding hydrogens is 410 g/mol. The third-order valence-electron chi connectivity index (χ3n) is 4.80. The number of benzene rings is 2. The molecule has 2 aromatic carbocycles. The molecule has 1 aliphatic heterocycles. The molecule has 0 fully saturated rings. The van der Waals surface area contributed by atoms with Crippen molar-refractivity contribution in [2.24, 2.45) is 0 Å². The summed E-state index contributed by atoms with van der Waals surface area (Å²) < 4.78 is 10.8. The molecule has 4 rings (SSSR count). The van der Waals surface area contributed by atoms with Crippen molar-refractivity contribution in [1.29, 1.82) is 0 Å². The van der Waals surface area contributed by atoms with E-state index in [1.54, 1.807) is 19.1 Å². The van der Waals surface area contributed by atoms with E-state index in [2.05, 4.69) is 5.32 Å². The predicted octanol–water partition coefficient (Wildman–Crippen LogP) is 5.83. The van der Waals surface area contributed by atoms with Crippen LogP contribution in [0.15, 0.2) is 71.8 Å². The highest BCUT2D eigenvalue weighted by molar-refractivity contribution is 7.15. The maximum absolute atomic E-state index is 13.0. The summed E-state index contributed by atoms with van der Waals surface area (Å²) in [6.45, 7) is 4.01. The molecule has 0 bridgehead atoms. The summed E-state index contributed by atoms with van der Waals surface area (Å²) in [6, 6.07) is 15.3. The lowest BCUT2D eigenvalue weighted by Gasteiger charge is -2.09. The van der Waals surface area contributed by atoms with E-state index in [9.17, 15) is 9.59 Å². The molecular formula is C25H21NO4S. The summed E-state index contributed by atoms with van der Waals surface area (Å²) in [5.74, 6) is -0.125. The number of nitrogens with one attached hydrogen (secondary N) is 1. The van der Waals surface area contributed by atoms with Crippen LogP contribution in [0.2, 0.25) is 0 Å². The van der Waals surface area contributed by atoms with Gasteiger partial charge in [-0.2, -0.15) is 0 Å². The summed E-state index contributed by atoms with van der Waals surface area (Å²) in [7, 11) is 0. The van der Waals surface area contributed by atoms with E-state index in [1.165, 1.54) is 17.6 Å². The van der Waals surface area contributed by atoms with Crippen molar-refractivity contribution >= 4 is 34.3 Å². The summed E-state index contributed by atoms with van der Waals surface area (Å²) in [5, 5.41) is 5.20. The highest BCUT2D eigenvalue weighted by Crippen LogP contribution is 2.37. The van der Waals surface area contributed by atoms with Crippen molar-refractivity contribution in [1.82, 2.24) is 0 Å². The van der Waals surface area contributed by atoms with E-state index >= 15 is 0 Å². The molecule has 156 valence electrons. The lowest BCUT2D eigenvalue weighted by Crippen LogP contribution is -2.15. The van der Waals surface area contributed by atoms with Gasteiger partial charge in [-0.1, -0.05) is 48.0 Å². The van der Waals surface area contributed by atoms with Crippen LogP contribution in [0.5, 0.6) is 5.75 Å². The first-order chi connectivity index (χ1) is 15.1. The molecule has 0 unspecified atom stereocenters. The van der Waals surface area contributed by atoms with Crippen molar-refractivity contribution < 1.29 is 19.1 Å². The smallest absolute Gasteiger partial charge is 0.341 e. The number of fused-ring (bicyclic) bond motifs is 1. The molecule has 6 heteroatoms. The number of esters is 1. The lowest BCUT2D eigenvalue weighted by molar-refractivity contribution is -0.112. The minimum atomic E-state index is -0.464. The zero-order valence-electron chi connectivity index (χ0n) is 17.2. The predicted molar refractivity (Wildman–Crippen MR) is 123 cm³/mol. The highest BCUT2D eigenvalue weighted by Gasteiger charge is 2.23. The molecule has 0 atom stereocenters. The molecule has 1 N–H and O–H groups in total. The molecule has 0 spiro atoms. The molecule has 0 radical (unpaired) electrons. The van der Waals surface area contributed by atoms with Gasteiger partial charge in [-0.3, -0.25) is 4.79 Å². The number of carbonyl (C=O) groups is 2. The second-order valence-electron chi connectivity index (χ2n) is 6.95. The van der Waals surface area contributed by atoms with Gasteiger partial charge in [0.05, 0.1) is 12.9 Å². The zero-order valence-corrected chi connectivity index (χ0v) is 18.0. The number of anilines is 1. The molecule has 2 heterocycles. The van der Waals surface area contributed by atoms with E-state index < -0.39 is 5.97 Å². The first kappa shape index (κ1) is 20.6. The molecule has 1 aromatic heterocycles. The van der Waals surface area contributed by atoms with Crippen molar-refractivity contribution in [2.75, 3.05) is 11.9 Å². The highest BCUT2D eigenvalue weighted by atomic mass is 32.1. The molecule has 0 saturated heterocycles. The minimum Gasteiger partial charge on any atom is -0.464 e. The van der Waals surface area contributed by atoms with Crippen molar-refractivity contribution in [3.05, 3.63) is 88.5 Å². The summed E-state index contributed by atoms with van der Waals surface area (Å²) in [6.07, 6.45) is 4.84. The topological polar surface area (TPSA) is 64.6 Å². The molecule has 31 heavy (non-hydrogen) atoms. The van der Waals surface area contributed by atoms with Gasteiger partial charge in [-0.15, -0.1) is 11.3 Å². The normalized spacial score (nSPS) is 12.3. The number of hydrogen-bond acceptors (Lipinski definition) is 5. The third-order valence-corrected chi connectivity index (χ3v) is 5.69. The van der Waals surface area contributed by atoms with E-state index in [1.807, 2.05) is 60.8 Å². The molecule has 1 aliphatic rings. The van der Waals surface area contributed by atoms with Gasteiger partial charge < -0.3 is 14.8 Å².